The number of nitrogens with one attached hydrogen (secondary N) is 2. The summed E-state index contributed by atoms with van der Waals surface area (Å²) in [6.07, 6.45) is 4.02. The molecule has 5 heteroatoms. The number of unbranched alkanes of at least 4 members (excludes halogenated alkanes) is 2. The summed E-state index contributed by atoms with van der Waals surface area (Å²) >= 11 is 0. The zero-order chi connectivity index (χ0) is 18.6. The topological polar surface area (TPSA) is 67.4 Å². The van der Waals surface area contributed by atoms with Gasteiger partial charge in [0.15, 0.2) is 6.61 Å². The zero-order valence-electron chi connectivity index (χ0n) is 15.2. The maximum Gasteiger partial charge on any atom is 0.276 e. The van der Waals surface area contributed by atoms with Crippen molar-refractivity contribution in [1.29, 1.82) is 0 Å². The molecule has 2 aromatic carbocycles. The molecule has 0 unspecified atom stereocenters. The van der Waals surface area contributed by atoms with Gasteiger partial charge < -0.3 is 4.74 Å². The van der Waals surface area contributed by atoms with E-state index in [1.807, 2.05) is 42.5 Å². The third-order valence-electron chi connectivity index (χ3n) is 3.92. The van der Waals surface area contributed by atoms with Crippen molar-refractivity contribution >= 4 is 11.8 Å². The monoisotopic (exact) mass is 354 g/mol. The van der Waals surface area contributed by atoms with Gasteiger partial charge in [0, 0.05) is 12.8 Å². The van der Waals surface area contributed by atoms with E-state index in [-0.39, 0.29) is 18.4 Å². The molecule has 0 heterocycles. The molecular formula is C21H26N2O3. The molecule has 0 fully saturated rings. The number of ether oxygens (including phenoxy) is 1. The molecule has 26 heavy (non-hydrogen) atoms. The van der Waals surface area contributed by atoms with Crippen molar-refractivity contribution in [3.63, 3.8) is 0 Å². The Bertz CT molecular complexity index is 701. The highest BCUT2D eigenvalue weighted by molar-refractivity contribution is 5.82. The Morgan fingerprint density at radius 3 is 2.35 bits per heavy atom. The molecule has 0 spiro atoms. The summed E-state index contributed by atoms with van der Waals surface area (Å²) in [7, 11) is 0. The van der Waals surface area contributed by atoms with Crippen molar-refractivity contribution in [3.05, 3.63) is 65.7 Å². The van der Waals surface area contributed by atoms with E-state index in [2.05, 4.69) is 29.9 Å². The van der Waals surface area contributed by atoms with Crippen molar-refractivity contribution < 1.29 is 14.3 Å². The van der Waals surface area contributed by atoms with Gasteiger partial charge in [0.2, 0.25) is 5.91 Å². The first-order chi connectivity index (χ1) is 12.7. The normalized spacial score (nSPS) is 10.2. The second-order valence-electron chi connectivity index (χ2n) is 6.11. The lowest BCUT2D eigenvalue weighted by Crippen LogP contribution is -2.43. The van der Waals surface area contributed by atoms with Gasteiger partial charge in [-0.25, -0.2) is 0 Å². The van der Waals surface area contributed by atoms with Crippen molar-refractivity contribution in [2.75, 3.05) is 6.61 Å². The summed E-state index contributed by atoms with van der Waals surface area (Å²) in [5.74, 6) is 0.0976. The van der Waals surface area contributed by atoms with E-state index < -0.39 is 0 Å². The molecule has 2 amide bonds. The number of hydrogen-bond acceptors (Lipinski definition) is 3. The molecule has 5 nitrogen and oxygen atoms in total. The summed E-state index contributed by atoms with van der Waals surface area (Å²) < 4.78 is 5.64. The molecule has 0 saturated heterocycles. The molecule has 0 radical (unpaired) electrons. The van der Waals surface area contributed by atoms with Crippen LogP contribution in [0.15, 0.2) is 54.6 Å². The third-order valence-corrected chi connectivity index (χ3v) is 3.92. The lowest BCUT2D eigenvalue weighted by atomic mass is 10.0. The fraction of sp³-hybridized carbons (Fsp3) is 0.333. The Morgan fingerprint density at radius 1 is 0.885 bits per heavy atom. The van der Waals surface area contributed by atoms with Gasteiger partial charge in [0.05, 0.1) is 0 Å². The van der Waals surface area contributed by atoms with E-state index in [1.165, 1.54) is 5.56 Å². The van der Waals surface area contributed by atoms with Gasteiger partial charge in [-0.05, 0) is 23.6 Å². The van der Waals surface area contributed by atoms with Crippen molar-refractivity contribution in [1.82, 2.24) is 10.9 Å². The molecule has 0 aliphatic heterocycles. The molecule has 2 rings (SSSR count). The van der Waals surface area contributed by atoms with Gasteiger partial charge in [-0.3, -0.25) is 20.4 Å². The van der Waals surface area contributed by atoms with Crippen LogP contribution >= 0.6 is 0 Å². The highest BCUT2D eigenvalue weighted by atomic mass is 16.5. The summed E-state index contributed by atoms with van der Waals surface area (Å²) in [5, 5.41) is 0. The predicted octanol–water partition coefficient (Wildman–Crippen LogP) is 3.38. The Kier molecular flexibility index (Phi) is 8.19. The molecule has 0 aliphatic carbocycles. The summed E-state index contributed by atoms with van der Waals surface area (Å²) in [6.45, 7) is 1.92. The van der Waals surface area contributed by atoms with E-state index >= 15 is 0 Å². The largest absolute Gasteiger partial charge is 0.483 e. The fourth-order valence-corrected chi connectivity index (χ4v) is 2.52. The number of amides is 2. The number of hydrazine groups is 1. The van der Waals surface area contributed by atoms with Crippen molar-refractivity contribution in [2.45, 2.75) is 39.0 Å². The van der Waals surface area contributed by atoms with Crippen LogP contribution in [0, 0.1) is 0 Å². The van der Waals surface area contributed by atoms with Crippen LogP contribution in [0.5, 0.6) is 5.75 Å². The first-order valence-electron chi connectivity index (χ1n) is 9.01. The third kappa shape index (κ3) is 6.97. The first kappa shape index (κ1) is 19.5. The number of carbonyl (C=O) groups excluding carboxylic acids is 2. The maximum atomic E-state index is 11.9. The molecule has 0 atom stereocenters. The molecule has 138 valence electrons. The van der Waals surface area contributed by atoms with Gasteiger partial charge in [-0.15, -0.1) is 0 Å². The smallest absolute Gasteiger partial charge is 0.276 e. The second-order valence-corrected chi connectivity index (χ2v) is 6.11. The maximum absolute atomic E-state index is 11.9. The molecule has 2 N–H and O–H groups in total. The molecule has 0 aromatic heterocycles. The van der Waals surface area contributed by atoms with Gasteiger partial charge in [0.25, 0.3) is 5.91 Å². The van der Waals surface area contributed by atoms with E-state index in [0.717, 1.165) is 31.2 Å². The Labute approximate surface area is 154 Å². The Hall–Kier alpha value is -2.82. The highest BCUT2D eigenvalue weighted by Crippen LogP contribution is 2.21. The minimum Gasteiger partial charge on any atom is -0.483 e. The quantitative estimate of drug-likeness (QED) is 0.536. The lowest BCUT2D eigenvalue weighted by molar-refractivity contribution is -0.130. The minimum atomic E-state index is -0.386. The fourth-order valence-electron chi connectivity index (χ4n) is 2.52. The summed E-state index contributed by atoms with van der Waals surface area (Å²) in [5.41, 5.74) is 6.98. The molecule has 0 saturated carbocycles. The van der Waals surface area contributed by atoms with Crippen LogP contribution in [0.4, 0.5) is 0 Å². The number of carbonyl (C=O) groups is 2. The van der Waals surface area contributed by atoms with Crippen LogP contribution in [0.25, 0.3) is 0 Å². The molecule has 0 bridgehead atoms. The minimum absolute atomic E-state index is 0.152. The highest BCUT2D eigenvalue weighted by Gasteiger charge is 2.08. The average molecular weight is 354 g/mol. The van der Waals surface area contributed by atoms with Crippen LogP contribution in [0.2, 0.25) is 0 Å². The SMILES string of the molecule is CCCCCC(=O)NNC(=O)COc1ccccc1Cc1ccccc1. The van der Waals surface area contributed by atoms with Crippen LogP contribution in [-0.2, 0) is 16.0 Å². The van der Waals surface area contributed by atoms with Crippen LogP contribution in [0.3, 0.4) is 0 Å². The number of rotatable bonds is 9. The van der Waals surface area contributed by atoms with Crippen molar-refractivity contribution in [3.8, 4) is 5.75 Å². The van der Waals surface area contributed by atoms with Crippen molar-refractivity contribution in [2.24, 2.45) is 0 Å². The van der Waals surface area contributed by atoms with Gasteiger partial charge in [-0.2, -0.15) is 0 Å². The number of benzene rings is 2. The standard InChI is InChI=1S/C21H26N2O3/c1-2-3-5-14-20(24)22-23-21(25)16-26-19-13-9-8-12-18(19)15-17-10-6-4-7-11-17/h4,6-13H,2-3,5,14-16H2,1H3,(H,22,24)(H,23,25). The van der Waals surface area contributed by atoms with Crippen LogP contribution in [-0.4, -0.2) is 18.4 Å². The van der Waals surface area contributed by atoms with Gasteiger partial charge in [0.1, 0.15) is 5.75 Å². The van der Waals surface area contributed by atoms with Crippen LogP contribution < -0.4 is 15.6 Å². The number of hydrogen-bond donors (Lipinski definition) is 2. The van der Waals surface area contributed by atoms with E-state index in [4.69, 9.17) is 4.74 Å². The predicted molar refractivity (Wildman–Crippen MR) is 102 cm³/mol. The first-order valence-corrected chi connectivity index (χ1v) is 9.01. The summed E-state index contributed by atoms with van der Waals surface area (Å²) in [6, 6.07) is 17.7. The second kappa shape index (κ2) is 10.9. The van der Waals surface area contributed by atoms with E-state index in [9.17, 15) is 9.59 Å². The number of para-hydroxylation sites is 1. The van der Waals surface area contributed by atoms with E-state index in [1.54, 1.807) is 0 Å². The average Bonchev–Trinajstić information content (AvgIpc) is 2.67. The van der Waals surface area contributed by atoms with Gasteiger partial charge in [-0.1, -0.05) is 68.3 Å². The zero-order valence-corrected chi connectivity index (χ0v) is 15.2. The summed E-state index contributed by atoms with van der Waals surface area (Å²) in [4.78, 5) is 23.5. The van der Waals surface area contributed by atoms with Gasteiger partial charge >= 0.3 is 0 Å². The molecule has 2 aromatic rings. The molecular weight excluding hydrogens is 328 g/mol. The van der Waals surface area contributed by atoms with Crippen LogP contribution in [0.1, 0.15) is 43.7 Å². The Balaban J connectivity index is 1.80. The molecule has 0 aliphatic rings. The van der Waals surface area contributed by atoms with E-state index in [0.29, 0.717) is 12.2 Å². The lowest BCUT2D eigenvalue weighted by Gasteiger charge is -2.12. The Morgan fingerprint density at radius 2 is 1.58 bits per heavy atom.